The van der Waals surface area contributed by atoms with E-state index in [1.54, 1.807) is 30.3 Å². The maximum absolute atomic E-state index is 12.6. The van der Waals surface area contributed by atoms with E-state index in [0.29, 0.717) is 21.3 Å². The molecule has 0 spiro atoms. The average Bonchev–Trinajstić information content (AvgIpc) is 2.63. The first-order valence-corrected chi connectivity index (χ1v) is 10.1. The molecule has 1 saturated heterocycles. The van der Waals surface area contributed by atoms with Gasteiger partial charge in [0.1, 0.15) is 0 Å². The first-order valence-electron chi connectivity index (χ1n) is 8.18. The van der Waals surface area contributed by atoms with E-state index < -0.39 is 0 Å². The number of halogens is 1. The normalized spacial score (nSPS) is 14.8. The maximum Gasteiger partial charge on any atom is 0.256 e. The Hall–Kier alpha value is -1.79. The lowest BCUT2D eigenvalue weighted by molar-refractivity contribution is 0.0935. The molecule has 0 aliphatic carbocycles. The fourth-order valence-corrected chi connectivity index (χ4v) is 4.30. The lowest BCUT2D eigenvalue weighted by Gasteiger charge is -2.23. The molecule has 1 heterocycles. The lowest BCUT2D eigenvalue weighted by Crippen LogP contribution is -2.37. The molecule has 0 unspecified atom stereocenters. The van der Waals surface area contributed by atoms with Crippen molar-refractivity contribution in [3.63, 3.8) is 0 Å². The number of nitrogens with one attached hydrogen (secondary N) is 2. The summed E-state index contributed by atoms with van der Waals surface area (Å²) in [5, 5.41) is 5.94. The Morgan fingerprint density at radius 2 is 1.56 bits per heavy atom. The highest BCUT2D eigenvalue weighted by molar-refractivity contribution is 9.10. The van der Waals surface area contributed by atoms with Gasteiger partial charge in [0.25, 0.3) is 11.8 Å². The quantitative estimate of drug-likeness (QED) is 0.776. The summed E-state index contributed by atoms with van der Waals surface area (Å²) < 4.78 is 0.717. The van der Waals surface area contributed by atoms with Gasteiger partial charge in [0.15, 0.2) is 0 Å². The molecule has 2 aromatic rings. The van der Waals surface area contributed by atoms with Crippen LogP contribution in [0.15, 0.2) is 53.0 Å². The molecule has 130 valence electrons. The fourth-order valence-electron chi connectivity index (χ4n) is 2.73. The van der Waals surface area contributed by atoms with Crippen molar-refractivity contribution in [1.82, 2.24) is 5.32 Å². The van der Waals surface area contributed by atoms with E-state index in [9.17, 15) is 9.59 Å². The third-order valence-electron chi connectivity index (χ3n) is 4.09. The van der Waals surface area contributed by atoms with E-state index in [1.807, 2.05) is 30.0 Å². The van der Waals surface area contributed by atoms with E-state index in [-0.39, 0.29) is 17.9 Å². The summed E-state index contributed by atoms with van der Waals surface area (Å²) in [6.07, 6.45) is 1.98. The summed E-state index contributed by atoms with van der Waals surface area (Å²) in [4.78, 5) is 25.2. The average molecular weight is 419 g/mol. The second-order valence-corrected chi connectivity index (χ2v) is 7.92. The van der Waals surface area contributed by atoms with Crippen LogP contribution in [0.4, 0.5) is 5.69 Å². The Morgan fingerprint density at radius 3 is 2.28 bits per heavy atom. The molecule has 1 aliphatic heterocycles. The van der Waals surface area contributed by atoms with Crippen LogP contribution >= 0.6 is 27.7 Å². The van der Waals surface area contributed by atoms with E-state index >= 15 is 0 Å². The molecule has 0 bridgehead atoms. The van der Waals surface area contributed by atoms with Gasteiger partial charge in [-0.05, 0) is 64.5 Å². The Balaban J connectivity index is 1.75. The van der Waals surface area contributed by atoms with Crippen LogP contribution in [0.25, 0.3) is 0 Å². The van der Waals surface area contributed by atoms with Gasteiger partial charge >= 0.3 is 0 Å². The molecule has 0 saturated carbocycles. The Morgan fingerprint density at radius 1 is 0.920 bits per heavy atom. The van der Waals surface area contributed by atoms with Gasteiger partial charge in [-0.15, -0.1) is 0 Å². The zero-order chi connectivity index (χ0) is 17.6. The summed E-state index contributed by atoms with van der Waals surface area (Å²) in [7, 11) is 0. The minimum absolute atomic E-state index is 0.139. The smallest absolute Gasteiger partial charge is 0.256 e. The summed E-state index contributed by atoms with van der Waals surface area (Å²) in [6, 6.07) is 14.5. The highest BCUT2D eigenvalue weighted by Gasteiger charge is 2.20. The zero-order valence-electron chi connectivity index (χ0n) is 13.6. The van der Waals surface area contributed by atoms with Crippen LogP contribution in [0.5, 0.6) is 0 Å². The summed E-state index contributed by atoms with van der Waals surface area (Å²) in [5.41, 5.74) is 1.54. The monoisotopic (exact) mass is 418 g/mol. The highest BCUT2D eigenvalue weighted by atomic mass is 79.9. The van der Waals surface area contributed by atoms with E-state index in [0.717, 1.165) is 24.3 Å². The molecule has 1 fully saturated rings. The number of amides is 2. The minimum Gasteiger partial charge on any atom is -0.349 e. The van der Waals surface area contributed by atoms with Gasteiger partial charge in [0, 0.05) is 10.5 Å². The number of hydrogen-bond acceptors (Lipinski definition) is 3. The van der Waals surface area contributed by atoms with Gasteiger partial charge < -0.3 is 10.6 Å². The Kier molecular flexibility index (Phi) is 6.15. The first kappa shape index (κ1) is 18.0. The number of thioether (sulfide) groups is 1. The third-order valence-corrected chi connectivity index (χ3v) is 5.84. The Bertz CT molecular complexity index is 776. The number of para-hydroxylation sites is 1. The summed E-state index contributed by atoms with van der Waals surface area (Å²) >= 11 is 5.30. The van der Waals surface area contributed by atoms with Gasteiger partial charge in [-0.2, -0.15) is 11.8 Å². The van der Waals surface area contributed by atoms with Crippen molar-refractivity contribution in [2.75, 3.05) is 16.8 Å². The molecule has 2 N–H and O–H groups in total. The van der Waals surface area contributed by atoms with E-state index in [1.165, 1.54) is 0 Å². The van der Waals surface area contributed by atoms with Crippen molar-refractivity contribution in [2.45, 2.75) is 18.9 Å². The molecule has 0 aromatic heterocycles. The predicted octanol–water partition coefficient (Wildman–Crippen LogP) is 4.33. The van der Waals surface area contributed by atoms with Crippen molar-refractivity contribution in [3.8, 4) is 0 Å². The van der Waals surface area contributed by atoms with Crippen molar-refractivity contribution in [3.05, 3.63) is 64.1 Å². The first-order chi connectivity index (χ1) is 12.1. The topological polar surface area (TPSA) is 58.2 Å². The molecule has 6 heteroatoms. The minimum atomic E-state index is -0.248. The molecular weight excluding hydrogens is 400 g/mol. The number of hydrogen-bond donors (Lipinski definition) is 2. The number of anilines is 1. The second-order valence-electron chi connectivity index (χ2n) is 5.84. The van der Waals surface area contributed by atoms with E-state index in [4.69, 9.17) is 0 Å². The highest BCUT2D eigenvalue weighted by Crippen LogP contribution is 2.22. The van der Waals surface area contributed by atoms with Crippen LogP contribution in [0.2, 0.25) is 0 Å². The van der Waals surface area contributed by atoms with Gasteiger partial charge in [-0.25, -0.2) is 0 Å². The third kappa shape index (κ3) is 4.64. The van der Waals surface area contributed by atoms with Crippen LogP contribution in [0, 0.1) is 0 Å². The molecular formula is C19H19BrN2O2S. The van der Waals surface area contributed by atoms with E-state index in [2.05, 4.69) is 26.6 Å². The van der Waals surface area contributed by atoms with Crippen LogP contribution in [0.3, 0.4) is 0 Å². The van der Waals surface area contributed by atoms with Crippen molar-refractivity contribution in [2.24, 2.45) is 0 Å². The molecule has 2 amide bonds. The van der Waals surface area contributed by atoms with Gasteiger partial charge in [-0.1, -0.05) is 24.3 Å². The molecule has 1 aliphatic rings. The second kappa shape index (κ2) is 8.54. The van der Waals surface area contributed by atoms with Gasteiger partial charge in [-0.3, -0.25) is 9.59 Å². The predicted molar refractivity (Wildman–Crippen MR) is 106 cm³/mol. The summed E-state index contributed by atoms with van der Waals surface area (Å²) in [5.74, 6) is 1.76. The number of benzene rings is 2. The molecule has 3 rings (SSSR count). The SMILES string of the molecule is O=C(Nc1ccccc1C(=O)NC1CCSCC1)c1ccccc1Br. The molecule has 0 atom stereocenters. The zero-order valence-corrected chi connectivity index (χ0v) is 16.0. The number of carbonyl (C=O) groups excluding carboxylic acids is 2. The molecule has 2 aromatic carbocycles. The fraction of sp³-hybridized carbons (Fsp3) is 0.263. The summed E-state index contributed by atoms with van der Waals surface area (Å²) in [6.45, 7) is 0. The van der Waals surface area contributed by atoms with Crippen LogP contribution in [-0.4, -0.2) is 29.4 Å². The van der Waals surface area contributed by atoms with Crippen molar-refractivity contribution in [1.29, 1.82) is 0 Å². The lowest BCUT2D eigenvalue weighted by atomic mass is 10.1. The molecule has 4 nitrogen and oxygen atoms in total. The Labute approximate surface area is 159 Å². The van der Waals surface area contributed by atoms with Gasteiger partial charge in [0.2, 0.25) is 0 Å². The maximum atomic E-state index is 12.6. The van der Waals surface area contributed by atoms with Crippen LogP contribution in [-0.2, 0) is 0 Å². The van der Waals surface area contributed by atoms with Crippen LogP contribution < -0.4 is 10.6 Å². The molecule has 25 heavy (non-hydrogen) atoms. The number of carbonyl (C=O) groups is 2. The van der Waals surface area contributed by atoms with Gasteiger partial charge in [0.05, 0.1) is 16.8 Å². The van der Waals surface area contributed by atoms with Crippen molar-refractivity contribution < 1.29 is 9.59 Å². The standard InChI is InChI=1S/C19H19BrN2O2S/c20-16-7-3-1-5-14(16)18(23)22-17-8-4-2-6-15(17)19(24)21-13-9-11-25-12-10-13/h1-8,13H,9-12H2,(H,21,24)(H,22,23). The van der Waals surface area contributed by atoms with Crippen LogP contribution in [0.1, 0.15) is 33.6 Å². The van der Waals surface area contributed by atoms with Crippen molar-refractivity contribution >= 4 is 45.2 Å². The largest absolute Gasteiger partial charge is 0.349 e. The number of rotatable bonds is 4. The molecule has 0 radical (unpaired) electrons.